The molecule has 1 amide bonds. The Hall–Kier alpha value is -2.25. The molecular weight excluding hydrogens is 324 g/mol. The Morgan fingerprint density at radius 3 is 3.05 bits per heavy atom. The van der Waals surface area contributed by atoms with E-state index in [9.17, 15) is 4.79 Å². The van der Waals surface area contributed by atoms with Gasteiger partial charge in [-0.25, -0.2) is 4.98 Å². The van der Waals surface area contributed by atoms with Gasteiger partial charge in [-0.15, -0.1) is 11.3 Å². The van der Waals surface area contributed by atoms with Crippen LogP contribution >= 0.6 is 22.9 Å². The van der Waals surface area contributed by atoms with E-state index in [2.05, 4.69) is 20.4 Å². The van der Waals surface area contributed by atoms with Gasteiger partial charge in [-0.05, 0) is 24.3 Å². The summed E-state index contributed by atoms with van der Waals surface area (Å²) < 4.78 is 5.26. The van der Waals surface area contributed by atoms with Crippen molar-refractivity contribution in [2.45, 2.75) is 13.5 Å². The third-order valence-electron chi connectivity index (χ3n) is 2.79. The highest BCUT2D eigenvalue weighted by Gasteiger charge is 2.13. The van der Waals surface area contributed by atoms with Crippen LogP contribution in [-0.4, -0.2) is 21.0 Å². The van der Waals surface area contributed by atoms with Crippen LogP contribution in [-0.2, 0) is 11.3 Å². The Kier molecular flexibility index (Phi) is 4.17. The smallest absolute Gasteiger partial charge is 0.258 e. The molecule has 0 aromatic carbocycles. The standard InChI is InChI=1S/C14H11ClN4O2S/c1-8(20)17-7-10-2-3-11(22-10)13-18-14(21-19-13)9-4-5-16-12(15)6-9/h2-6H,7H2,1H3,(H,17,20). The van der Waals surface area contributed by atoms with Crippen molar-refractivity contribution in [1.29, 1.82) is 0 Å². The number of nitrogens with one attached hydrogen (secondary N) is 1. The normalized spacial score (nSPS) is 10.6. The number of hydrogen-bond acceptors (Lipinski definition) is 6. The lowest BCUT2D eigenvalue weighted by Crippen LogP contribution is -2.17. The summed E-state index contributed by atoms with van der Waals surface area (Å²) in [5.41, 5.74) is 0.716. The van der Waals surface area contributed by atoms with Gasteiger partial charge in [-0.3, -0.25) is 4.79 Å². The van der Waals surface area contributed by atoms with E-state index in [1.54, 1.807) is 18.3 Å². The van der Waals surface area contributed by atoms with Crippen molar-refractivity contribution < 1.29 is 9.32 Å². The lowest BCUT2D eigenvalue weighted by molar-refractivity contribution is -0.119. The van der Waals surface area contributed by atoms with Crippen LogP contribution in [0.5, 0.6) is 0 Å². The molecule has 3 heterocycles. The van der Waals surface area contributed by atoms with E-state index in [1.807, 2.05) is 12.1 Å². The Labute approximate surface area is 135 Å². The molecule has 0 spiro atoms. The number of carbonyl (C=O) groups is 1. The second-order valence-electron chi connectivity index (χ2n) is 4.47. The second-order valence-corrected chi connectivity index (χ2v) is 6.02. The summed E-state index contributed by atoms with van der Waals surface area (Å²) >= 11 is 7.35. The fourth-order valence-corrected chi connectivity index (χ4v) is 2.83. The first-order chi connectivity index (χ1) is 10.6. The maximum atomic E-state index is 10.9. The maximum Gasteiger partial charge on any atom is 0.258 e. The van der Waals surface area contributed by atoms with Gasteiger partial charge in [0.1, 0.15) is 5.15 Å². The van der Waals surface area contributed by atoms with E-state index >= 15 is 0 Å². The summed E-state index contributed by atoms with van der Waals surface area (Å²) in [6.45, 7) is 1.98. The minimum atomic E-state index is -0.0636. The van der Waals surface area contributed by atoms with Gasteiger partial charge in [-0.1, -0.05) is 16.8 Å². The fraction of sp³-hybridized carbons (Fsp3) is 0.143. The van der Waals surface area contributed by atoms with Crippen LogP contribution in [0.3, 0.4) is 0 Å². The van der Waals surface area contributed by atoms with Crippen LogP contribution in [0.4, 0.5) is 0 Å². The first-order valence-electron chi connectivity index (χ1n) is 6.41. The van der Waals surface area contributed by atoms with Crippen molar-refractivity contribution in [2.24, 2.45) is 0 Å². The number of halogens is 1. The number of hydrogen-bond donors (Lipinski definition) is 1. The van der Waals surface area contributed by atoms with Crippen LogP contribution in [0.25, 0.3) is 22.2 Å². The van der Waals surface area contributed by atoms with Gasteiger partial charge in [0.25, 0.3) is 5.89 Å². The molecule has 0 saturated heterocycles. The zero-order chi connectivity index (χ0) is 15.5. The molecule has 0 bridgehead atoms. The molecule has 22 heavy (non-hydrogen) atoms. The lowest BCUT2D eigenvalue weighted by Gasteiger charge is -1.96. The van der Waals surface area contributed by atoms with Gasteiger partial charge < -0.3 is 9.84 Å². The van der Waals surface area contributed by atoms with Gasteiger partial charge in [0.05, 0.1) is 11.4 Å². The number of thiophene rings is 1. The van der Waals surface area contributed by atoms with Crippen LogP contribution in [0, 0.1) is 0 Å². The first-order valence-corrected chi connectivity index (χ1v) is 7.60. The van der Waals surface area contributed by atoms with Crippen molar-refractivity contribution in [3.8, 4) is 22.2 Å². The fourth-order valence-electron chi connectivity index (χ4n) is 1.78. The number of amides is 1. The number of nitrogens with zero attached hydrogens (tertiary/aromatic N) is 3. The third kappa shape index (κ3) is 3.32. The van der Waals surface area contributed by atoms with Gasteiger partial charge in [0.15, 0.2) is 0 Å². The average molecular weight is 335 g/mol. The molecule has 8 heteroatoms. The summed E-state index contributed by atoms with van der Waals surface area (Å²) in [7, 11) is 0. The Morgan fingerprint density at radius 2 is 2.27 bits per heavy atom. The molecular formula is C14H11ClN4O2S. The quantitative estimate of drug-likeness (QED) is 0.741. The molecule has 0 fully saturated rings. The largest absolute Gasteiger partial charge is 0.351 e. The first kappa shape index (κ1) is 14.7. The number of aromatic nitrogens is 3. The van der Waals surface area contributed by atoms with E-state index in [-0.39, 0.29) is 5.91 Å². The monoisotopic (exact) mass is 334 g/mol. The molecule has 112 valence electrons. The molecule has 0 aliphatic rings. The average Bonchev–Trinajstić information content (AvgIpc) is 3.14. The van der Waals surface area contributed by atoms with Crippen molar-refractivity contribution >= 4 is 28.8 Å². The molecule has 3 aromatic rings. The van der Waals surface area contributed by atoms with E-state index in [4.69, 9.17) is 16.1 Å². The molecule has 3 rings (SSSR count). The molecule has 0 saturated carbocycles. The van der Waals surface area contributed by atoms with Crippen molar-refractivity contribution in [3.63, 3.8) is 0 Å². The van der Waals surface area contributed by atoms with Gasteiger partial charge in [0, 0.05) is 23.6 Å². The number of carbonyl (C=O) groups excluding carboxylic acids is 1. The molecule has 0 radical (unpaired) electrons. The molecule has 3 aromatic heterocycles. The SMILES string of the molecule is CC(=O)NCc1ccc(-c2noc(-c3ccnc(Cl)c3)n2)s1. The number of rotatable bonds is 4. The van der Waals surface area contributed by atoms with Crippen LogP contribution < -0.4 is 5.32 Å². The minimum absolute atomic E-state index is 0.0636. The molecule has 6 nitrogen and oxygen atoms in total. The summed E-state index contributed by atoms with van der Waals surface area (Å²) in [5, 5.41) is 7.09. The van der Waals surface area contributed by atoms with E-state index in [0.717, 1.165) is 9.75 Å². The second kappa shape index (κ2) is 6.25. The van der Waals surface area contributed by atoms with E-state index in [0.29, 0.717) is 29.0 Å². The van der Waals surface area contributed by atoms with E-state index < -0.39 is 0 Å². The molecule has 0 aliphatic heterocycles. The van der Waals surface area contributed by atoms with Crippen LogP contribution in [0.1, 0.15) is 11.8 Å². The third-order valence-corrected chi connectivity index (χ3v) is 4.08. The zero-order valence-electron chi connectivity index (χ0n) is 11.5. The van der Waals surface area contributed by atoms with E-state index in [1.165, 1.54) is 18.3 Å². The van der Waals surface area contributed by atoms with Gasteiger partial charge in [-0.2, -0.15) is 4.98 Å². The molecule has 0 aliphatic carbocycles. The van der Waals surface area contributed by atoms with Gasteiger partial charge >= 0.3 is 0 Å². The maximum absolute atomic E-state index is 10.9. The summed E-state index contributed by atoms with van der Waals surface area (Å²) in [4.78, 5) is 21.1. The topological polar surface area (TPSA) is 80.9 Å². The molecule has 0 atom stereocenters. The molecule has 0 unspecified atom stereocenters. The highest BCUT2D eigenvalue weighted by molar-refractivity contribution is 7.15. The van der Waals surface area contributed by atoms with Crippen molar-refractivity contribution in [2.75, 3.05) is 0 Å². The van der Waals surface area contributed by atoms with Crippen molar-refractivity contribution in [1.82, 2.24) is 20.4 Å². The predicted octanol–water partition coefficient (Wildman–Crippen LogP) is 3.15. The minimum Gasteiger partial charge on any atom is -0.351 e. The van der Waals surface area contributed by atoms with Crippen LogP contribution in [0.2, 0.25) is 5.15 Å². The lowest BCUT2D eigenvalue weighted by atomic mass is 10.3. The highest BCUT2D eigenvalue weighted by atomic mass is 35.5. The molecule has 1 N–H and O–H groups in total. The van der Waals surface area contributed by atoms with Gasteiger partial charge in [0.2, 0.25) is 11.7 Å². The highest BCUT2D eigenvalue weighted by Crippen LogP contribution is 2.28. The Morgan fingerprint density at radius 1 is 1.41 bits per heavy atom. The summed E-state index contributed by atoms with van der Waals surface area (Å²) in [6.07, 6.45) is 1.58. The Balaban J connectivity index is 1.80. The van der Waals surface area contributed by atoms with Crippen LogP contribution in [0.15, 0.2) is 35.0 Å². The summed E-state index contributed by atoms with van der Waals surface area (Å²) in [6, 6.07) is 7.24. The summed E-state index contributed by atoms with van der Waals surface area (Å²) in [5.74, 6) is 0.824. The van der Waals surface area contributed by atoms with Crippen molar-refractivity contribution in [3.05, 3.63) is 40.5 Å². The number of pyridine rings is 1. The zero-order valence-corrected chi connectivity index (χ0v) is 13.1. The predicted molar refractivity (Wildman–Crippen MR) is 83.4 cm³/mol. The Bertz CT molecular complexity index is 815.